The van der Waals surface area contributed by atoms with Crippen molar-refractivity contribution >= 4 is 24.4 Å². The maximum absolute atomic E-state index is 13.1. The second-order valence-corrected chi connectivity index (χ2v) is 7.62. The molecule has 3 N–H and O–H groups in total. The van der Waals surface area contributed by atoms with E-state index in [2.05, 4.69) is 5.43 Å². The number of hydrogen-bond acceptors (Lipinski definition) is 4. The summed E-state index contributed by atoms with van der Waals surface area (Å²) in [5, 5.41) is 19.6. The van der Waals surface area contributed by atoms with Crippen LogP contribution in [0, 0.1) is 13.8 Å². The number of nitrogens with zero attached hydrogens (tertiary/aromatic N) is 1. The minimum Gasteiger partial charge on any atom is -0.423 e. The molecular weight excluding hydrogens is 343 g/mol. The van der Waals surface area contributed by atoms with Crippen molar-refractivity contribution in [2.75, 3.05) is 0 Å². The fraction of sp³-hybridized carbons (Fsp3) is 0.300. The maximum atomic E-state index is 13.1. The third kappa shape index (κ3) is 5.18. The fourth-order valence-corrected chi connectivity index (χ4v) is 2.72. The van der Waals surface area contributed by atoms with Gasteiger partial charge in [0.05, 0.1) is 5.54 Å². The summed E-state index contributed by atoms with van der Waals surface area (Å²) in [5.74, 6) is -0.758. The second kappa shape index (κ2) is 7.94. The SMILES string of the molecule is Cc1cc(C)cc(C(=O)N(NC(=O)c2ccc(B(O)O)cc2)C(C)(C)C)c1. The van der Waals surface area contributed by atoms with Crippen LogP contribution < -0.4 is 10.9 Å². The van der Waals surface area contributed by atoms with Crippen LogP contribution in [-0.2, 0) is 0 Å². The van der Waals surface area contributed by atoms with Crippen molar-refractivity contribution in [3.63, 3.8) is 0 Å². The molecule has 7 heteroatoms. The van der Waals surface area contributed by atoms with Crippen LogP contribution in [0.25, 0.3) is 0 Å². The number of benzene rings is 2. The van der Waals surface area contributed by atoms with Crippen LogP contribution in [0.4, 0.5) is 0 Å². The Labute approximate surface area is 159 Å². The molecule has 0 saturated heterocycles. The van der Waals surface area contributed by atoms with Crippen LogP contribution >= 0.6 is 0 Å². The van der Waals surface area contributed by atoms with E-state index in [4.69, 9.17) is 10.0 Å². The Morgan fingerprint density at radius 3 is 1.89 bits per heavy atom. The van der Waals surface area contributed by atoms with Gasteiger partial charge < -0.3 is 10.0 Å². The molecule has 2 rings (SSSR count). The number of carbonyl (C=O) groups excluding carboxylic acids is 2. The fourth-order valence-electron chi connectivity index (χ4n) is 2.72. The molecule has 0 atom stereocenters. The quantitative estimate of drug-likeness (QED) is 0.567. The van der Waals surface area contributed by atoms with E-state index in [1.165, 1.54) is 29.3 Å². The lowest BCUT2D eigenvalue weighted by Gasteiger charge is -2.35. The summed E-state index contributed by atoms with van der Waals surface area (Å²) in [6, 6.07) is 11.4. The van der Waals surface area contributed by atoms with Gasteiger partial charge in [0.2, 0.25) is 0 Å². The summed E-state index contributed by atoms with van der Waals surface area (Å²) in [6.45, 7) is 9.33. The molecule has 0 aliphatic carbocycles. The molecule has 6 nitrogen and oxygen atoms in total. The van der Waals surface area contributed by atoms with Gasteiger partial charge in [-0.25, -0.2) is 5.01 Å². The monoisotopic (exact) mass is 368 g/mol. The zero-order chi connectivity index (χ0) is 20.4. The molecule has 0 aliphatic rings. The van der Waals surface area contributed by atoms with Crippen molar-refractivity contribution in [3.8, 4) is 0 Å². The molecule has 0 fully saturated rings. The number of carbonyl (C=O) groups is 2. The standard InChI is InChI=1S/C20H25BN2O4/c1-13-10-14(2)12-16(11-13)19(25)23(20(3,4)5)22-18(24)15-6-8-17(9-7-15)21(26)27/h6-12,26-27H,1-5H3,(H,22,24). The molecule has 0 aromatic heterocycles. The lowest BCUT2D eigenvalue weighted by molar-refractivity contribution is 0.0358. The molecule has 0 spiro atoms. The van der Waals surface area contributed by atoms with Gasteiger partial charge in [0.25, 0.3) is 11.8 Å². The van der Waals surface area contributed by atoms with Gasteiger partial charge >= 0.3 is 7.12 Å². The second-order valence-electron chi connectivity index (χ2n) is 7.62. The zero-order valence-corrected chi connectivity index (χ0v) is 16.3. The van der Waals surface area contributed by atoms with E-state index in [1.807, 2.05) is 40.7 Å². The zero-order valence-electron chi connectivity index (χ0n) is 16.3. The molecule has 2 aromatic rings. The summed E-state index contributed by atoms with van der Waals surface area (Å²) in [7, 11) is -1.60. The molecule has 2 aromatic carbocycles. The Kier molecular flexibility index (Phi) is 6.08. The van der Waals surface area contributed by atoms with Crippen molar-refractivity contribution in [1.82, 2.24) is 10.4 Å². The normalized spacial score (nSPS) is 11.1. The average Bonchev–Trinajstić information content (AvgIpc) is 2.57. The van der Waals surface area contributed by atoms with Gasteiger partial charge in [-0.05, 0) is 64.3 Å². The molecule has 0 aliphatic heterocycles. The highest BCUT2D eigenvalue weighted by Crippen LogP contribution is 2.18. The van der Waals surface area contributed by atoms with Crippen molar-refractivity contribution in [2.45, 2.75) is 40.2 Å². The van der Waals surface area contributed by atoms with Crippen LogP contribution in [-0.4, -0.2) is 39.5 Å². The van der Waals surface area contributed by atoms with E-state index in [9.17, 15) is 9.59 Å². The number of nitrogens with one attached hydrogen (secondary N) is 1. The molecule has 0 radical (unpaired) electrons. The van der Waals surface area contributed by atoms with Crippen molar-refractivity contribution in [3.05, 3.63) is 64.7 Å². The van der Waals surface area contributed by atoms with Gasteiger partial charge in [-0.2, -0.15) is 0 Å². The first-order valence-electron chi connectivity index (χ1n) is 8.69. The average molecular weight is 368 g/mol. The van der Waals surface area contributed by atoms with E-state index in [0.717, 1.165) is 11.1 Å². The van der Waals surface area contributed by atoms with Crippen molar-refractivity contribution in [2.24, 2.45) is 0 Å². The lowest BCUT2D eigenvalue weighted by atomic mass is 9.80. The van der Waals surface area contributed by atoms with E-state index in [1.54, 1.807) is 12.1 Å². The summed E-state index contributed by atoms with van der Waals surface area (Å²) >= 11 is 0. The van der Waals surface area contributed by atoms with Crippen LogP contribution in [0.2, 0.25) is 0 Å². The van der Waals surface area contributed by atoms with Crippen LogP contribution in [0.15, 0.2) is 42.5 Å². The topological polar surface area (TPSA) is 89.9 Å². The minimum atomic E-state index is -1.60. The third-order valence-electron chi connectivity index (χ3n) is 4.03. The highest BCUT2D eigenvalue weighted by atomic mass is 16.4. The molecule has 0 bridgehead atoms. The predicted molar refractivity (Wildman–Crippen MR) is 106 cm³/mol. The van der Waals surface area contributed by atoms with Gasteiger partial charge in [0.15, 0.2) is 0 Å². The van der Waals surface area contributed by atoms with Crippen LogP contribution in [0.5, 0.6) is 0 Å². The molecule has 0 heterocycles. The number of rotatable bonds is 3. The first-order valence-corrected chi connectivity index (χ1v) is 8.69. The summed E-state index contributed by atoms with van der Waals surface area (Å²) < 4.78 is 0. The van der Waals surface area contributed by atoms with Gasteiger partial charge in [-0.1, -0.05) is 29.3 Å². The molecule has 0 saturated carbocycles. The first kappa shape index (κ1) is 20.7. The first-order chi connectivity index (χ1) is 12.5. The number of aryl methyl sites for hydroxylation is 2. The number of amides is 2. The van der Waals surface area contributed by atoms with E-state index >= 15 is 0 Å². The molecule has 142 valence electrons. The molecular formula is C20H25BN2O4. The van der Waals surface area contributed by atoms with Crippen molar-refractivity contribution < 1.29 is 19.6 Å². The van der Waals surface area contributed by atoms with Gasteiger partial charge in [0.1, 0.15) is 0 Å². The molecule has 2 amide bonds. The predicted octanol–water partition coefficient (Wildman–Crippen LogP) is 1.57. The molecule has 0 unspecified atom stereocenters. The lowest BCUT2D eigenvalue weighted by Crippen LogP contribution is -2.55. The van der Waals surface area contributed by atoms with E-state index in [-0.39, 0.29) is 11.4 Å². The Morgan fingerprint density at radius 2 is 1.44 bits per heavy atom. The highest BCUT2D eigenvalue weighted by molar-refractivity contribution is 6.58. The highest BCUT2D eigenvalue weighted by Gasteiger charge is 2.30. The van der Waals surface area contributed by atoms with E-state index < -0.39 is 18.6 Å². The summed E-state index contributed by atoms with van der Waals surface area (Å²) in [5.41, 5.74) is 5.06. The summed E-state index contributed by atoms with van der Waals surface area (Å²) in [4.78, 5) is 25.7. The Morgan fingerprint density at radius 1 is 0.926 bits per heavy atom. The van der Waals surface area contributed by atoms with Gasteiger partial charge in [-0.3, -0.25) is 15.0 Å². The van der Waals surface area contributed by atoms with Crippen LogP contribution in [0.1, 0.15) is 52.6 Å². The number of hydrazine groups is 1. The smallest absolute Gasteiger partial charge is 0.423 e. The number of hydrogen-bond donors (Lipinski definition) is 3. The minimum absolute atomic E-state index is 0.283. The Bertz CT molecular complexity index is 822. The van der Waals surface area contributed by atoms with Gasteiger partial charge in [-0.15, -0.1) is 0 Å². The van der Waals surface area contributed by atoms with Crippen molar-refractivity contribution in [1.29, 1.82) is 0 Å². The summed E-state index contributed by atoms with van der Waals surface area (Å²) in [6.07, 6.45) is 0. The van der Waals surface area contributed by atoms with E-state index in [0.29, 0.717) is 11.1 Å². The Balaban J connectivity index is 2.28. The maximum Gasteiger partial charge on any atom is 0.488 e. The van der Waals surface area contributed by atoms with Crippen LogP contribution in [0.3, 0.4) is 0 Å². The third-order valence-corrected chi connectivity index (χ3v) is 4.03. The van der Waals surface area contributed by atoms with Gasteiger partial charge in [0, 0.05) is 11.1 Å². The molecule has 27 heavy (non-hydrogen) atoms. The largest absolute Gasteiger partial charge is 0.488 e. The Hall–Kier alpha value is -2.64.